The molecule has 19 heavy (non-hydrogen) atoms. The van der Waals surface area contributed by atoms with Crippen LogP contribution in [0.15, 0.2) is 40.3 Å². The molecule has 94 valence electrons. The number of hydrogen-bond donors (Lipinski definition) is 0. The van der Waals surface area contributed by atoms with E-state index in [1.54, 1.807) is 12.1 Å². The smallest absolute Gasteiger partial charge is 0.269 e. The van der Waals surface area contributed by atoms with Gasteiger partial charge in [-0.15, -0.1) is 11.8 Å². The average molecular weight is 273 g/mol. The summed E-state index contributed by atoms with van der Waals surface area (Å²) in [5.74, 6) is -0.219. The lowest BCUT2D eigenvalue weighted by atomic mass is 10.1. The molecule has 0 aliphatic carbocycles. The molecule has 0 N–H and O–H groups in total. The zero-order valence-corrected chi connectivity index (χ0v) is 10.3. The quantitative estimate of drug-likeness (QED) is 0.609. The molecular formula is C12H7N3O3S. The highest BCUT2D eigenvalue weighted by atomic mass is 32.2. The normalized spacial score (nSPS) is 20.8. The van der Waals surface area contributed by atoms with Crippen molar-refractivity contribution >= 4 is 40.3 Å². The zero-order valence-electron chi connectivity index (χ0n) is 9.52. The second-order valence-corrected chi connectivity index (χ2v) is 5.09. The average Bonchev–Trinajstić information content (AvgIpc) is 2.84. The molecule has 1 amide bonds. The lowest BCUT2D eigenvalue weighted by Crippen LogP contribution is -2.24. The van der Waals surface area contributed by atoms with E-state index in [9.17, 15) is 14.9 Å². The van der Waals surface area contributed by atoms with Gasteiger partial charge in [0.1, 0.15) is 11.6 Å². The van der Waals surface area contributed by atoms with Gasteiger partial charge in [0.2, 0.25) is 0 Å². The van der Waals surface area contributed by atoms with Gasteiger partial charge in [-0.05, 0) is 23.8 Å². The maximum absolute atomic E-state index is 11.6. The Labute approximate surface area is 112 Å². The summed E-state index contributed by atoms with van der Waals surface area (Å²) < 4.78 is 0. The van der Waals surface area contributed by atoms with Crippen LogP contribution in [0.4, 0.5) is 5.69 Å². The summed E-state index contributed by atoms with van der Waals surface area (Å²) in [6, 6.07) is 6.22. The molecule has 1 aromatic carbocycles. The number of thioether (sulfide) groups is 1. The van der Waals surface area contributed by atoms with Gasteiger partial charge in [0.15, 0.2) is 0 Å². The van der Waals surface area contributed by atoms with Crippen LogP contribution in [0.1, 0.15) is 5.56 Å². The topological polar surface area (TPSA) is 84.9 Å². The van der Waals surface area contributed by atoms with Gasteiger partial charge in [0, 0.05) is 17.0 Å². The first-order valence-electron chi connectivity index (χ1n) is 5.42. The number of nitro groups is 1. The van der Waals surface area contributed by atoms with Gasteiger partial charge in [-0.1, -0.05) is 0 Å². The molecule has 2 aliphatic heterocycles. The Balaban J connectivity index is 1.90. The lowest BCUT2D eigenvalue weighted by molar-refractivity contribution is -0.384. The second kappa shape index (κ2) is 4.43. The van der Waals surface area contributed by atoms with Gasteiger partial charge >= 0.3 is 0 Å². The molecule has 0 aromatic heterocycles. The number of nitro benzene ring substituents is 1. The zero-order chi connectivity index (χ0) is 13.4. The fourth-order valence-electron chi connectivity index (χ4n) is 1.83. The molecule has 0 spiro atoms. The first kappa shape index (κ1) is 11.8. The Kier molecular flexibility index (Phi) is 2.75. The maximum Gasteiger partial charge on any atom is 0.269 e. The number of fused-ring (bicyclic) bond motifs is 1. The highest BCUT2D eigenvalue weighted by Crippen LogP contribution is 2.39. The maximum atomic E-state index is 11.6. The fraction of sp³-hybridized carbons (Fsp3) is 0.0833. The Hall–Kier alpha value is -2.28. The molecule has 0 radical (unpaired) electrons. The van der Waals surface area contributed by atoms with E-state index in [1.807, 2.05) is 6.08 Å². The Morgan fingerprint density at radius 2 is 2.00 bits per heavy atom. The van der Waals surface area contributed by atoms with Gasteiger partial charge in [-0.2, -0.15) is 0 Å². The molecule has 0 saturated heterocycles. The molecule has 7 heteroatoms. The third-order valence-electron chi connectivity index (χ3n) is 2.77. The minimum atomic E-state index is -0.443. The molecule has 0 bridgehead atoms. The van der Waals surface area contributed by atoms with Crippen LogP contribution in [0, 0.1) is 10.1 Å². The summed E-state index contributed by atoms with van der Waals surface area (Å²) in [6.07, 6.45) is 3.07. The number of hydrogen-bond acceptors (Lipinski definition) is 5. The molecule has 1 unspecified atom stereocenters. The number of benzene rings is 1. The van der Waals surface area contributed by atoms with Crippen molar-refractivity contribution in [3.8, 4) is 0 Å². The Bertz CT molecular complexity index is 661. The van der Waals surface area contributed by atoms with E-state index < -0.39 is 4.92 Å². The number of aliphatic imine (C=N–C) groups is 2. The van der Waals surface area contributed by atoms with Crippen molar-refractivity contribution in [2.24, 2.45) is 9.98 Å². The van der Waals surface area contributed by atoms with E-state index in [0.29, 0.717) is 5.71 Å². The predicted octanol–water partition coefficient (Wildman–Crippen LogP) is 2.06. The van der Waals surface area contributed by atoms with Gasteiger partial charge in [-0.3, -0.25) is 14.9 Å². The molecule has 3 rings (SSSR count). The van der Waals surface area contributed by atoms with E-state index in [1.165, 1.54) is 30.2 Å². The van der Waals surface area contributed by atoms with Gasteiger partial charge < -0.3 is 0 Å². The second-order valence-electron chi connectivity index (χ2n) is 3.95. The van der Waals surface area contributed by atoms with Gasteiger partial charge in [-0.25, -0.2) is 9.98 Å². The highest BCUT2D eigenvalue weighted by Gasteiger charge is 2.32. The van der Waals surface area contributed by atoms with Crippen molar-refractivity contribution in [1.29, 1.82) is 0 Å². The molecular weight excluding hydrogens is 266 g/mol. The van der Waals surface area contributed by atoms with E-state index >= 15 is 0 Å². The molecule has 1 aromatic rings. The van der Waals surface area contributed by atoms with Crippen LogP contribution in [-0.4, -0.2) is 28.1 Å². The third-order valence-corrected chi connectivity index (χ3v) is 4.06. The van der Waals surface area contributed by atoms with Crippen LogP contribution in [0.2, 0.25) is 0 Å². The van der Waals surface area contributed by atoms with Gasteiger partial charge in [0.25, 0.3) is 11.6 Å². The summed E-state index contributed by atoms with van der Waals surface area (Å²) in [6.45, 7) is 0. The van der Waals surface area contributed by atoms with E-state index in [0.717, 1.165) is 10.5 Å². The molecule has 2 aliphatic rings. The summed E-state index contributed by atoms with van der Waals surface area (Å²) in [5.41, 5.74) is 1.56. The standard InChI is InChI=1S/C12H7N3O3S/c16-12-11-9(13-6-14-12)5-10(19-11)7-1-3-8(4-2-7)15(17)18/h1-6,11H. The molecule has 6 nitrogen and oxygen atoms in total. The minimum absolute atomic E-state index is 0.0431. The minimum Gasteiger partial charge on any atom is -0.271 e. The molecule has 0 saturated carbocycles. The summed E-state index contributed by atoms with van der Waals surface area (Å²) in [7, 11) is 0. The van der Waals surface area contributed by atoms with Crippen molar-refractivity contribution in [2.75, 3.05) is 0 Å². The lowest BCUT2D eigenvalue weighted by Gasteiger charge is -2.08. The number of nitrogens with zero attached hydrogens (tertiary/aromatic N) is 3. The van der Waals surface area contributed by atoms with Crippen LogP contribution >= 0.6 is 11.8 Å². The van der Waals surface area contributed by atoms with Crippen LogP contribution in [0.3, 0.4) is 0 Å². The largest absolute Gasteiger partial charge is 0.271 e. The van der Waals surface area contributed by atoms with E-state index in [2.05, 4.69) is 9.98 Å². The fourth-order valence-corrected chi connectivity index (χ4v) is 2.96. The monoisotopic (exact) mass is 273 g/mol. The van der Waals surface area contributed by atoms with Crippen LogP contribution in [0.25, 0.3) is 4.91 Å². The first-order valence-corrected chi connectivity index (χ1v) is 6.30. The molecule has 2 heterocycles. The number of amides is 1. The van der Waals surface area contributed by atoms with E-state index in [-0.39, 0.29) is 16.8 Å². The van der Waals surface area contributed by atoms with Crippen molar-refractivity contribution in [3.05, 3.63) is 46.0 Å². The predicted molar refractivity (Wildman–Crippen MR) is 73.4 cm³/mol. The first-order chi connectivity index (χ1) is 9.15. The molecule has 1 atom stereocenters. The summed E-state index contributed by atoms with van der Waals surface area (Å²) in [5, 5.41) is 10.2. The Morgan fingerprint density at radius 3 is 2.63 bits per heavy atom. The number of carbonyl (C=O) groups is 1. The number of carbonyl (C=O) groups excluding carboxylic acids is 1. The van der Waals surface area contributed by atoms with Crippen LogP contribution in [0.5, 0.6) is 0 Å². The highest BCUT2D eigenvalue weighted by molar-refractivity contribution is 8.10. The summed E-state index contributed by atoms with van der Waals surface area (Å²) >= 11 is 1.37. The van der Waals surface area contributed by atoms with Gasteiger partial charge in [0.05, 0.1) is 10.6 Å². The SMILES string of the molecule is O=C1N=CN=C2C=C(c3ccc([N+](=O)[O-])cc3)SC12. The molecule has 0 fully saturated rings. The summed E-state index contributed by atoms with van der Waals surface area (Å²) in [4.78, 5) is 30.3. The van der Waals surface area contributed by atoms with Crippen molar-refractivity contribution in [2.45, 2.75) is 5.25 Å². The van der Waals surface area contributed by atoms with Crippen molar-refractivity contribution < 1.29 is 9.72 Å². The number of rotatable bonds is 2. The third kappa shape index (κ3) is 2.08. The Morgan fingerprint density at radius 1 is 1.26 bits per heavy atom. The van der Waals surface area contributed by atoms with Crippen molar-refractivity contribution in [1.82, 2.24) is 0 Å². The van der Waals surface area contributed by atoms with E-state index in [4.69, 9.17) is 0 Å². The van der Waals surface area contributed by atoms with Crippen LogP contribution < -0.4 is 0 Å². The van der Waals surface area contributed by atoms with Crippen LogP contribution in [-0.2, 0) is 4.79 Å². The number of allylic oxidation sites excluding steroid dienone is 1. The number of non-ortho nitro benzene ring substituents is 1. The van der Waals surface area contributed by atoms with Crippen molar-refractivity contribution in [3.63, 3.8) is 0 Å².